The molecule has 29 heavy (non-hydrogen) atoms. The number of para-hydroxylation sites is 1. The van der Waals surface area contributed by atoms with Crippen LogP contribution in [0.1, 0.15) is 17.9 Å². The molecule has 1 N–H and O–H groups in total. The fourth-order valence-electron chi connectivity index (χ4n) is 3.93. The number of aromatic amines is 1. The predicted octanol–water partition coefficient (Wildman–Crippen LogP) is 6.66. The van der Waals surface area contributed by atoms with Crippen molar-refractivity contribution in [2.24, 2.45) is 0 Å². The number of rotatable bonds is 3. The van der Waals surface area contributed by atoms with Gasteiger partial charge < -0.3 is 4.98 Å². The maximum Gasteiger partial charge on any atom is 0.241 e. The average Bonchev–Trinajstić information content (AvgIpc) is 3.26. The van der Waals surface area contributed by atoms with Gasteiger partial charge >= 0.3 is 0 Å². The van der Waals surface area contributed by atoms with E-state index in [1.54, 1.807) is 11.8 Å². The van der Waals surface area contributed by atoms with E-state index in [1.165, 1.54) is 0 Å². The molecule has 1 aliphatic heterocycles. The first-order valence-electron chi connectivity index (χ1n) is 9.54. The van der Waals surface area contributed by atoms with Gasteiger partial charge in [0.15, 0.2) is 0 Å². The zero-order chi connectivity index (χ0) is 20.0. The van der Waals surface area contributed by atoms with Crippen LogP contribution in [0.3, 0.4) is 0 Å². The molecule has 1 saturated heterocycles. The van der Waals surface area contributed by atoms with Crippen LogP contribution in [0.2, 0.25) is 5.02 Å². The number of benzene rings is 3. The average molecular weight is 419 g/mol. The number of hydrogen-bond donors (Lipinski definition) is 1. The minimum atomic E-state index is -0.173. The van der Waals surface area contributed by atoms with Gasteiger partial charge in [-0.3, -0.25) is 9.69 Å². The molecule has 4 aromatic rings. The second kappa shape index (κ2) is 7.29. The fraction of sp³-hybridized carbons (Fsp3) is 0.125. The minimum Gasteiger partial charge on any atom is -0.353 e. The van der Waals surface area contributed by atoms with E-state index in [9.17, 15) is 4.79 Å². The van der Waals surface area contributed by atoms with Gasteiger partial charge in [0.25, 0.3) is 0 Å². The van der Waals surface area contributed by atoms with Crippen LogP contribution in [0.4, 0.5) is 5.69 Å². The highest BCUT2D eigenvalue weighted by atomic mass is 35.5. The monoisotopic (exact) mass is 418 g/mol. The van der Waals surface area contributed by atoms with Crippen molar-refractivity contribution in [3.8, 4) is 11.3 Å². The molecule has 3 aromatic carbocycles. The second-order valence-electron chi connectivity index (χ2n) is 7.12. The van der Waals surface area contributed by atoms with Crippen LogP contribution < -0.4 is 4.90 Å². The Morgan fingerprint density at radius 3 is 2.41 bits per heavy atom. The maximum atomic E-state index is 13.4. The maximum absolute atomic E-state index is 13.4. The highest BCUT2D eigenvalue weighted by Crippen LogP contribution is 2.51. The molecule has 1 amide bonds. The van der Waals surface area contributed by atoms with Gasteiger partial charge in [0.1, 0.15) is 5.37 Å². The lowest BCUT2D eigenvalue weighted by Gasteiger charge is -2.26. The Morgan fingerprint density at radius 1 is 0.931 bits per heavy atom. The summed E-state index contributed by atoms with van der Waals surface area (Å²) in [4.78, 5) is 18.8. The van der Waals surface area contributed by atoms with Crippen LogP contribution in [-0.2, 0) is 4.79 Å². The third-order valence-electron chi connectivity index (χ3n) is 5.31. The molecule has 1 aliphatic rings. The lowest BCUT2D eigenvalue weighted by Crippen LogP contribution is -2.30. The van der Waals surface area contributed by atoms with Crippen LogP contribution in [0, 0.1) is 0 Å². The van der Waals surface area contributed by atoms with E-state index in [2.05, 4.69) is 23.2 Å². The van der Waals surface area contributed by atoms with Crippen LogP contribution in [0.15, 0.2) is 78.9 Å². The highest BCUT2D eigenvalue weighted by molar-refractivity contribution is 8.01. The number of nitrogens with zero attached hydrogens (tertiary/aromatic N) is 1. The van der Waals surface area contributed by atoms with E-state index in [0.29, 0.717) is 5.02 Å². The molecule has 1 aromatic heterocycles. The molecule has 5 rings (SSSR count). The van der Waals surface area contributed by atoms with E-state index >= 15 is 0 Å². The quantitative estimate of drug-likeness (QED) is 0.404. The zero-order valence-corrected chi connectivity index (χ0v) is 17.4. The van der Waals surface area contributed by atoms with E-state index in [0.717, 1.165) is 33.4 Å². The molecule has 0 spiro atoms. The van der Waals surface area contributed by atoms with Crippen molar-refractivity contribution in [2.45, 2.75) is 17.5 Å². The molecular formula is C24H19ClN2OS. The number of nitrogens with one attached hydrogen (secondary N) is 1. The fourth-order valence-corrected chi connectivity index (χ4v) is 5.53. The molecule has 144 valence electrons. The molecule has 2 heterocycles. The topological polar surface area (TPSA) is 36.1 Å². The van der Waals surface area contributed by atoms with Gasteiger partial charge in [0.05, 0.1) is 16.6 Å². The van der Waals surface area contributed by atoms with Crippen molar-refractivity contribution < 1.29 is 4.79 Å². The van der Waals surface area contributed by atoms with Gasteiger partial charge in [-0.05, 0) is 19.1 Å². The number of fused-ring (bicyclic) bond motifs is 1. The molecule has 2 unspecified atom stereocenters. The Bertz CT molecular complexity index is 1200. The number of carbonyl (C=O) groups is 1. The van der Waals surface area contributed by atoms with Crippen molar-refractivity contribution in [3.63, 3.8) is 0 Å². The number of amides is 1. The van der Waals surface area contributed by atoms with Crippen LogP contribution in [0.25, 0.3) is 22.2 Å². The second-order valence-corrected chi connectivity index (χ2v) is 8.95. The zero-order valence-electron chi connectivity index (χ0n) is 15.8. The molecule has 1 fully saturated rings. The summed E-state index contributed by atoms with van der Waals surface area (Å²) in [5.41, 5.74) is 4.89. The van der Waals surface area contributed by atoms with Gasteiger partial charge in [-0.15, -0.1) is 11.8 Å². The smallest absolute Gasteiger partial charge is 0.241 e. The number of anilines is 1. The van der Waals surface area contributed by atoms with Crippen LogP contribution >= 0.6 is 23.4 Å². The highest BCUT2D eigenvalue weighted by Gasteiger charge is 2.42. The molecule has 0 saturated carbocycles. The van der Waals surface area contributed by atoms with E-state index < -0.39 is 0 Å². The number of thioether (sulfide) groups is 1. The first kappa shape index (κ1) is 18.3. The van der Waals surface area contributed by atoms with Crippen molar-refractivity contribution >= 4 is 45.9 Å². The Kier molecular flexibility index (Phi) is 4.61. The lowest BCUT2D eigenvalue weighted by atomic mass is 10.1. The van der Waals surface area contributed by atoms with Crippen LogP contribution in [0.5, 0.6) is 0 Å². The number of aromatic nitrogens is 1. The normalized spacial score (nSPS) is 19.2. The minimum absolute atomic E-state index is 0.0989. The molecule has 0 radical (unpaired) electrons. The third-order valence-corrected chi connectivity index (χ3v) is 6.98. The number of carbonyl (C=O) groups excluding carboxylic acids is 1. The predicted molar refractivity (Wildman–Crippen MR) is 122 cm³/mol. The molecule has 5 heteroatoms. The van der Waals surface area contributed by atoms with Crippen molar-refractivity contribution in [1.29, 1.82) is 0 Å². The van der Waals surface area contributed by atoms with E-state index in [4.69, 9.17) is 11.6 Å². The van der Waals surface area contributed by atoms with Crippen molar-refractivity contribution in [3.05, 3.63) is 89.4 Å². The van der Waals surface area contributed by atoms with Gasteiger partial charge in [0, 0.05) is 27.1 Å². The number of halogens is 1. The van der Waals surface area contributed by atoms with Crippen molar-refractivity contribution in [2.75, 3.05) is 4.90 Å². The Labute approximate surface area is 178 Å². The largest absolute Gasteiger partial charge is 0.353 e. The summed E-state index contributed by atoms with van der Waals surface area (Å²) < 4.78 is 0. The SMILES string of the molecule is CC1SC(c2ccccc2Cl)N(c2c(-c3ccccc3)[nH]c3ccccc23)C1=O. The molecule has 3 nitrogen and oxygen atoms in total. The summed E-state index contributed by atoms with van der Waals surface area (Å²) in [6.45, 7) is 1.97. The van der Waals surface area contributed by atoms with Gasteiger partial charge in [-0.1, -0.05) is 78.3 Å². The number of hydrogen-bond acceptors (Lipinski definition) is 2. The first-order valence-corrected chi connectivity index (χ1v) is 10.9. The lowest BCUT2D eigenvalue weighted by molar-refractivity contribution is -0.117. The third kappa shape index (κ3) is 3.04. The summed E-state index contributed by atoms with van der Waals surface area (Å²) in [5.74, 6) is 0.0989. The summed E-state index contributed by atoms with van der Waals surface area (Å²) in [6, 6.07) is 26.1. The standard InChI is InChI=1S/C24H19ClN2OS/c1-15-23(28)27(24(29-15)17-11-5-7-13-19(17)25)22-18-12-6-8-14-20(18)26-21(22)16-9-3-2-4-10-16/h2-15,24,26H,1H3. The Balaban J connectivity index is 1.77. The summed E-state index contributed by atoms with van der Waals surface area (Å²) in [7, 11) is 0. The summed E-state index contributed by atoms with van der Waals surface area (Å²) >= 11 is 8.18. The summed E-state index contributed by atoms with van der Waals surface area (Å²) in [5, 5.41) is 1.39. The van der Waals surface area contributed by atoms with Gasteiger partial charge in [-0.25, -0.2) is 0 Å². The van der Waals surface area contributed by atoms with Crippen molar-refractivity contribution in [1.82, 2.24) is 4.98 Å². The Morgan fingerprint density at radius 2 is 1.62 bits per heavy atom. The molecule has 0 bridgehead atoms. The Hall–Kier alpha value is -2.69. The molecular weight excluding hydrogens is 400 g/mol. The summed E-state index contributed by atoms with van der Waals surface area (Å²) in [6.07, 6.45) is 0. The van der Waals surface area contributed by atoms with Gasteiger partial charge in [-0.2, -0.15) is 0 Å². The first-order chi connectivity index (χ1) is 14.1. The van der Waals surface area contributed by atoms with E-state index in [-0.39, 0.29) is 16.5 Å². The molecule has 2 atom stereocenters. The van der Waals surface area contributed by atoms with Gasteiger partial charge in [0.2, 0.25) is 5.91 Å². The molecule has 0 aliphatic carbocycles. The number of H-pyrrole nitrogens is 1. The van der Waals surface area contributed by atoms with E-state index in [1.807, 2.05) is 72.5 Å². The van der Waals surface area contributed by atoms with Crippen LogP contribution in [-0.4, -0.2) is 16.1 Å².